The number of rotatable bonds is 3. The lowest BCUT2D eigenvalue weighted by molar-refractivity contribution is 0.579. The van der Waals surface area contributed by atoms with E-state index in [2.05, 4.69) is 26.2 Å². The van der Waals surface area contributed by atoms with Crippen LogP contribution in [0.4, 0.5) is 5.69 Å². The smallest absolute Gasteiger partial charge is 0.152 e. The van der Waals surface area contributed by atoms with E-state index in [4.69, 9.17) is 0 Å². The minimum absolute atomic E-state index is 0.00738. The zero-order valence-corrected chi connectivity index (χ0v) is 12.0. The molecule has 6 heteroatoms. The first-order valence-corrected chi connectivity index (χ1v) is 8.28. The van der Waals surface area contributed by atoms with Crippen molar-refractivity contribution in [2.75, 3.05) is 11.6 Å². The van der Waals surface area contributed by atoms with Crippen LogP contribution in [0.1, 0.15) is 19.3 Å². The predicted molar refractivity (Wildman–Crippen MR) is 71.8 cm³/mol. The highest BCUT2D eigenvalue weighted by Crippen LogP contribution is 2.27. The first-order chi connectivity index (χ1) is 7.97. The number of nitrogens with zero attached hydrogens (tertiary/aromatic N) is 1. The summed E-state index contributed by atoms with van der Waals surface area (Å²) in [5, 5.41) is 2.99. The Balaban J connectivity index is 2.11. The van der Waals surface area contributed by atoms with Crippen LogP contribution >= 0.6 is 15.9 Å². The SMILES string of the molecule is CS(=O)(=O)C1CCCC1Nc1ccc(Br)nc1. The first-order valence-electron chi connectivity index (χ1n) is 5.54. The number of halogens is 1. The third kappa shape index (κ3) is 3.19. The van der Waals surface area contributed by atoms with E-state index in [1.54, 1.807) is 6.20 Å². The third-order valence-electron chi connectivity index (χ3n) is 3.08. The number of anilines is 1. The van der Waals surface area contributed by atoms with Crippen molar-refractivity contribution in [1.29, 1.82) is 0 Å². The highest BCUT2D eigenvalue weighted by Gasteiger charge is 2.34. The summed E-state index contributed by atoms with van der Waals surface area (Å²) in [7, 11) is -2.97. The molecule has 0 amide bonds. The van der Waals surface area contributed by atoms with Crippen LogP contribution in [-0.4, -0.2) is 30.9 Å². The van der Waals surface area contributed by atoms with Crippen molar-refractivity contribution in [3.63, 3.8) is 0 Å². The molecule has 0 aliphatic heterocycles. The number of hydrogen-bond acceptors (Lipinski definition) is 4. The van der Waals surface area contributed by atoms with E-state index in [-0.39, 0.29) is 11.3 Å². The van der Waals surface area contributed by atoms with Gasteiger partial charge in [0.15, 0.2) is 9.84 Å². The molecule has 0 aromatic carbocycles. The fourth-order valence-electron chi connectivity index (χ4n) is 2.28. The maximum absolute atomic E-state index is 11.6. The molecule has 17 heavy (non-hydrogen) atoms. The molecule has 4 nitrogen and oxygen atoms in total. The average Bonchev–Trinajstić information content (AvgIpc) is 2.69. The lowest BCUT2D eigenvalue weighted by Crippen LogP contribution is -2.34. The Bertz CT molecular complexity index is 487. The molecule has 2 rings (SSSR count). The predicted octanol–water partition coefficient (Wildman–Crippen LogP) is 2.22. The highest BCUT2D eigenvalue weighted by atomic mass is 79.9. The van der Waals surface area contributed by atoms with E-state index in [9.17, 15) is 8.42 Å². The standard InChI is InChI=1S/C11H15BrN2O2S/c1-17(15,16)10-4-2-3-9(10)14-8-5-6-11(12)13-7-8/h5-7,9-10,14H,2-4H2,1H3. The Labute approximate surface area is 110 Å². The van der Waals surface area contributed by atoms with Crippen molar-refractivity contribution < 1.29 is 8.42 Å². The highest BCUT2D eigenvalue weighted by molar-refractivity contribution is 9.10. The van der Waals surface area contributed by atoms with Gasteiger partial charge in [-0.25, -0.2) is 13.4 Å². The summed E-state index contributed by atoms with van der Waals surface area (Å²) in [5.41, 5.74) is 0.869. The van der Waals surface area contributed by atoms with Crippen LogP contribution < -0.4 is 5.32 Å². The number of nitrogens with one attached hydrogen (secondary N) is 1. The molecule has 1 aromatic heterocycles. The van der Waals surface area contributed by atoms with Gasteiger partial charge in [0.25, 0.3) is 0 Å². The summed E-state index contributed by atoms with van der Waals surface area (Å²) >= 11 is 3.27. The van der Waals surface area contributed by atoms with E-state index >= 15 is 0 Å². The Kier molecular flexibility index (Phi) is 3.73. The molecule has 0 spiro atoms. The van der Waals surface area contributed by atoms with Gasteiger partial charge in [-0.1, -0.05) is 0 Å². The van der Waals surface area contributed by atoms with E-state index < -0.39 is 9.84 Å². The van der Waals surface area contributed by atoms with Gasteiger partial charge in [0, 0.05) is 12.3 Å². The number of hydrogen-bond donors (Lipinski definition) is 1. The summed E-state index contributed by atoms with van der Waals surface area (Å²) in [6.07, 6.45) is 5.63. The van der Waals surface area contributed by atoms with Crippen LogP contribution in [0.5, 0.6) is 0 Å². The Morgan fingerprint density at radius 3 is 2.76 bits per heavy atom. The molecule has 1 N–H and O–H groups in total. The van der Waals surface area contributed by atoms with Gasteiger partial charge in [-0.3, -0.25) is 0 Å². The van der Waals surface area contributed by atoms with Gasteiger partial charge in [-0.2, -0.15) is 0 Å². The Morgan fingerprint density at radius 1 is 1.41 bits per heavy atom. The second-order valence-electron chi connectivity index (χ2n) is 4.42. The van der Waals surface area contributed by atoms with Crippen LogP contribution in [-0.2, 0) is 9.84 Å². The lowest BCUT2D eigenvalue weighted by atomic mass is 10.2. The number of pyridine rings is 1. The molecule has 0 radical (unpaired) electrons. The fraction of sp³-hybridized carbons (Fsp3) is 0.545. The molecule has 1 aromatic rings. The summed E-state index contributed by atoms with van der Waals surface area (Å²) < 4.78 is 24.0. The lowest BCUT2D eigenvalue weighted by Gasteiger charge is -2.20. The quantitative estimate of drug-likeness (QED) is 0.868. The van der Waals surface area contributed by atoms with Gasteiger partial charge in [-0.15, -0.1) is 0 Å². The molecule has 1 saturated carbocycles. The Morgan fingerprint density at radius 2 is 2.18 bits per heavy atom. The van der Waals surface area contributed by atoms with Crippen LogP contribution in [0.3, 0.4) is 0 Å². The van der Waals surface area contributed by atoms with Gasteiger partial charge in [0.05, 0.1) is 17.1 Å². The molecule has 2 unspecified atom stereocenters. The number of sulfone groups is 1. The second-order valence-corrected chi connectivity index (χ2v) is 7.50. The molecule has 1 heterocycles. The molecule has 2 atom stereocenters. The number of aromatic nitrogens is 1. The molecular formula is C11H15BrN2O2S. The fourth-order valence-corrected chi connectivity index (χ4v) is 3.91. The molecular weight excluding hydrogens is 304 g/mol. The van der Waals surface area contributed by atoms with E-state index in [0.717, 1.165) is 29.6 Å². The maximum atomic E-state index is 11.6. The molecule has 1 fully saturated rings. The van der Waals surface area contributed by atoms with E-state index in [0.29, 0.717) is 0 Å². The van der Waals surface area contributed by atoms with Crippen molar-refractivity contribution in [2.45, 2.75) is 30.6 Å². The van der Waals surface area contributed by atoms with Gasteiger partial charge in [0.2, 0.25) is 0 Å². The normalized spacial score (nSPS) is 24.8. The van der Waals surface area contributed by atoms with E-state index in [1.165, 1.54) is 6.26 Å². The van der Waals surface area contributed by atoms with Crippen LogP contribution in [0, 0.1) is 0 Å². The van der Waals surface area contributed by atoms with Gasteiger partial charge in [0.1, 0.15) is 4.60 Å². The monoisotopic (exact) mass is 318 g/mol. The zero-order chi connectivity index (χ0) is 12.5. The Hall–Kier alpha value is -0.620. The average molecular weight is 319 g/mol. The van der Waals surface area contributed by atoms with E-state index in [1.807, 2.05) is 12.1 Å². The topological polar surface area (TPSA) is 59.1 Å². The van der Waals surface area contributed by atoms with Gasteiger partial charge < -0.3 is 5.32 Å². The summed E-state index contributed by atoms with van der Waals surface area (Å²) in [5.74, 6) is 0. The minimum atomic E-state index is -2.97. The zero-order valence-electron chi connectivity index (χ0n) is 9.56. The first kappa shape index (κ1) is 12.8. The van der Waals surface area contributed by atoms with Crippen LogP contribution in [0.2, 0.25) is 0 Å². The summed E-state index contributed by atoms with van der Waals surface area (Å²) in [6.45, 7) is 0. The van der Waals surface area contributed by atoms with Crippen LogP contribution in [0.25, 0.3) is 0 Å². The molecule has 1 aliphatic carbocycles. The second kappa shape index (κ2) is 4.94. The maximum Gasteiger partial charge on any atom is 0.152 e. The van der Waals surface area contributed by atoms with Crippen molar-refractivity contribution in [3.8, 4) is 0 Å². The molecule has 0 saturated heterocycles. The van der Waals surface area contributed by atoms with Gasteiger partial charge >= 0.3 is 0 Å². The summed E-state index contributed by atoms with van der Waals surface area (Å²) in [4.78, 5) is 4.11. The summed E-state index contributed by atoms with van der Waals surface area (Å²) in [6, 6.07) is 3.74. The van der Waals surface area contributed by atoms with Crippen molar-refractivity contribution >= 4 is 31.5 Å². The third-order valence-corrected chi connectivity index (χ3v) is 5.22. The van der Waals surface area contributed by atoms with Crippen molar-refractivity contribution in [3.05, 3.63) is 22.9 Å². The molecule has 94 valence electrons. The molecule has 0 bridgehead atoms. The largest absolute Gasteiger partial charge is 0.380 e. The van der Waals surface area contributed by atoms with Gasteiger partial charge in [-0.05, 0) is 47.3 Å². The molecule has 1 aliphatic rings. The van der Waals surface area contributed by atoms with Crippen molar-refractivity contribution in [2.24, 2.45) is 0 Å². The van der Waals surface area contributed by atoms with Crippen molar-refractivity contribution in [1.82, 2.24) is 4.98 Å². The minimum Gasteiger partial charge on any atom is -0.380 e. The van der Waals surface area contributed by atoms with Crippen LogP contribution in [0.15, 0.2) is 22.9 Å².